The number of anilines is 1. The highest BCUT2D eigenvalue weighted by Crippen LogP contribution is 2.40. The van der Waals surface area contributed by atoms with Gasteiger partial charge in [-0.3, -0.25) is 9.78 Å². The molecule has 0 spiro atoms. The zero-order valence-electron chi connectivity index (χ0n) is 21.8. The van der Waals surface area contributed by atoms with Crippen molar-refractivity contribution in [2.45, 2.75) is 44.1 Å². The first-order valence-corrected chi connectivity index (χ1v) is 13.4. The van der Waals surface area contributed by atoms with Gasteiger partial charge in [-0.2, -0.15) is 0 Å². The van der Waals surface area contributed by atoms with Crippen molar-refractivity contribution in [2.24, 2.45) is 0 Å². The Morgan fingerprint density at radius 2 is 1.67 bits per heavy atom. The molecule has 0 radical (unpaired) electrons. The Morgan fingerprint density at radius 1 is 0.923 bits per heavy atom. The average Bonchev–Trinajstić information content (AvgIpc) is 2.98. The van der Waals surface area contributed by atoms with Crippen molar-refractivity contribution in [3.8, 4) is 5.75 Å². The van der Waals surface area contributed by atoms with Crippen LogP contribution in [0.1, 0.15) is 59.9 Å². The molecular formula is C33H32N2O4. The molecule has 198 valence electrons. The molecule has 6 nitrogen and oxygen atoms in total. The van der Waals surface area contributed by atoms with Crippen LogP contribution in [0.4, 0.5) is 5.69 Å². The molecule has 1 amide bonds. The molecule has 1 aromatic heterocycles. The van der Waals surface area contributed by atoms with Gasteiger partial charge in [0, 0.05) is 24.5 Å². The van der Waals surface area contributed by atoms with Gasteiger partial charge in [0.05, 0.1) is 6.04 Å². The molecule has 1 aliphatic rings. The maximum absolute atomic E-state index is 14.1. The first kappa shape index (κ1) is 26.2. The lowest BCUT2D eigenvalue weighted by atomic mass is 9.80. The van der Waals surface area contributed by atoms with E-state index in [0.717, 1.165) is 47.2 Å². The van der Waals surface area contributed by atoms with E-state index in [1.54, 1.807) is 6.20 Å². The van der Waals surface area contributed by atoms with Gasteiger partial charge in [0.1, 0.15) is 5.75 Å². The molecule has 0 aliphatic heterocycles. The fourth-order valence-corrected chi connectivity index (χ4v) is 5.60. The molecule has 0 saturated heterocycles. The molecular weight excluding hydrogens is 488 g/mol. The number of benzene rings is 3. The number of carbonyl (C=O) groups excluding carboxylic acids is 1. The number of aliphatic carboxylic acids is 1. The summed E-state index contributed by atoms with van der Waals surface area (Å²) in [5.41, 5.74) is 5.04. The molecule has 0 fully saturated rings. The second kappa shape index (κ2) is 12.4. The van der Waals surface area contributed by atoms with Crippen molar-refractivity contribution in [1.29, 1.82) is 0 Å². The van der Waals surface area contributed by atoms with Crippen molar-refractivity contribution >= 4 is 17.6 Å². The third-order valence-corrected chi connectivity index (χ3v) is 7.32. The predicted octanol–water partition coefficient (Wildman–Crippen LogP) is 6.57. The minimum atomic E-state index is -0.992. The molecule has 2 unspecified atom stereocenters. The molecule has 1 aliphatic carbocycles. The highest BCUT2D eigenvalue weighted by molar-refractivity contribution is 5.95. The summed E-state index contributed by atoms with van der Waals surface area (Å²) in [5.74, 6) is -0.104. The lowest BCUT2D eigenvalue weighted by molar-refractivity contribution is -0.139. The lowest BCUT2D eigenvalue weighted by Gasteiger charge is -2.34. The number of carbonyl (C=O) groups is 2. The van der Waals surface area contributed by atoms with Crippen LogP contribution in [0, 0.1) is 0 Å². The number of para-hydroxylation sites is 1. The van der Waals surface area contributed by atoms with Crippen LogP contribution in [0.2, 0.25) is 0 Å². The Kier molecular flexibility index (Phi) is 8.32. The zero-order valence-corrected chi connectivity index (χ0v) is 21.8. The molecule has 3 aromatic carbocycles. The Hall–Kier alpha value is -4.45. The minimum absolute atomic E-state index is 0.0457. The summed E-state index contributed by atoms with van der Waals surface area (Å²) < 4.78 is 5.58. The highest BCUT2D eigenvalue weighted by Gasteiger charge is 2.30. The summed E-state index contributed by atoms with van der Waals surface area (Å²) in [6.07, 6.45) is 7.46. The van der Waals surface area contributed by atoms with Crippen molar-refractivity contribution in [2.75, 3.05) is 11.5 Å². The summed E-state index contributed by atoms with van der Waals surface area (Å²) in [6.45, 7) is -0.360. The Balaban J connectivity index is 1.43. The van der Waals surface area contributed by atoms with E-state index in [-0.39, 0.29) is 24.5 Å². The standard InChI is InChI=1S/C33H32N2O4/c36-31(20-19-24-12-7-17-29-28(24)16-8-18-30(29)39-23-32(37)38)35(27-14-5-2-6-15-27)33(25-10-3-1-4-11-25)26-13-9-21-34-22-26/h1-6,8-11,13-16,18,21-22,24,33H,7,12,17,19-20,23H2,(H,37,38). The van der Waals surface area contributed by atoms with Crippen molar-refractivity contribution < 1.29 is 19.4 Å². The van der Waals surface area contributed by atoms with Crippen LogP contribution in [0.3, 0.4) is 0 Å². The van der Waals surface area contributed by atoms with Crippen LogP contribution < -0.4 is 9.64 Å². The molecule has 4 aromatic rings. The van der Waals surface area contributed by atoms with Gasteiger partial charge in [-0.15, -0.1) is 0 Å². The third-order valence-electron chi connectivity index (χ3n) is 7.32. The first-order valence-electron chi connectivity index (χ1n) is 13.4. The SMILES string of the molecule is O=C(O)COc1cccc2c1CCCC2CCC(=O)N(c1ccccc1)C(c1ccccc1)c1cccnc1. The Morgan fingerprint density at radius 3 is 2.38 bits per heavy atom. The minimum Gasteiger partial charge on any atom is -0.482 e. The van der Waals surface area contributed by atoms with E-state index in [1.807, 2.05) is 83.9 Å². The van der Waals surface area contributed by atoms with E-state index in [0.29, 0.717) is 18.6 Å². The van der Waals surface area contributed by atoms with Crippen molar-refractivity contribution in [1.82, 2.24) is 4.98 Å². The van der Waals surface area contributed by atoms with Gasteiger partial charge in [0.2, 0.25) is 5.91 Å². The van der Waals surface area contributed by atoms with E-state index in [4.69, 9.17) is 9.84 Å². The van der Waals surface area contributed by atoms with E-state index in [2.05, 4.69) is 23.2 Å². The monoisotopic (exact) mass is 520 g/mol. The summed E-state index contributed by atoms with van der Waals surface area (Å²) >= 11 is 0. The largest absolute Gasteiger partial charge is 0.482 e. The zero-order chi connectivity index (χ0) is 27.0. The number of carboxylic acids is 1. The number of amides is 1. The predicted molar refractivity (Wildman–Crippen MR) is 151 cm³/mol. The van der Waals surface area contributed by atoms with Gasteiger partial charge in [-0.1, -0.05) is 66.7 Å². The molecule has 0 bridgehead atoms. The van der Waals surface area contributed by atoms with Gasteiger partial charge in [0.25, 0.3) is 0 Å². The van der Waals surface area contributed by atoms with Crippen molar-refractivity contribution in [3.05, 3.63) is 126 Å². The maximum Gasteiger partial charge on any atom is 0.341 e. The number of nitrogens with zero attached hydrogens (tertiary/aromatic N) is 2. The van der Waals surface area contributed by atoms with E-state index in [1.165, 1.54) is 0 Å². The third kappa shape index (κ3) is 6.17. The molecule has 1 N–H and O–H groups in total. The van der Waals surface area contributed by atoms with Crippen LogP contribution >= 0.6 is 0 Å². The second-order valence-electron chi connectivity index (χ2n) is 9.83. The fraction of sp³-hybridized carbons (Fsp3) is 0.242. The number of aromatic nitrogens is 1. The molecule has 0 saturated carbocycles. The van der Waals surface area contributed by atoms with Crippen LogP contribution in [0.15, 0.2) is 103 Å². The average molecular weight is 521 g/mol. The van der Waals surface area contributed by atoms with E-state index in [9.17, 15) is 9.59 Å². The Bertz CT molecular complexity index is 1350. The Labute approximate surface area is 228 Å². The van der Waals surface area contributed by atoms with Crippen LogP contribution in [-0.2, 0) is 16.0 Å². The van der Waals surface area contributed by atoms with E-state index < -0.39 is 5.97 Å². The number of rotatable bonds is 10. The van der Waals surface area contributed by atoms with Crippen LogP contribution in [0.5, 0.6) is 5.75 Å². The topological polar surface area (TPSA) is 79.7 Å². The van der Waals surface area contributed by atoms with Gasteiger partial charge in [-0.05, 0) is 78.1 Å². The summed E-state index contributed by atoms with van der Waals surface area (Å²) in [7, 11) is 0. The summed E-state index contributed by atoms with van der Waals surface area (Å²) in [5, 5.41) is 9.06. The number of hydrogen-bond acceptors (Lipinski definition) is 4. The second-order valence-corrected chi connectivity index (χ2v) is 9.83. The number of ether oxygens (including phenoxy) is 1. The molecule has 2 atom stereocenters. The lowest BCUT2D eigenvalue weighted by Crippen LogP contribution is -2.36. The number of fused-ring (bicyclic) bond motifs is 1. The first-order chi connectivity index (χ1) is 19.1. The summed E-state index contributed by atoms with van der Waals surface area (Å²) in [4.78, 5) is 31.5. The van der Waals surface area contributed by atoms with Gasteiger partial charge in [-0.25, -0.2) is 4.79 Å². The normalized spacial score (nSPS) is 15.1. The number of carboxylic acid groups (broad SMARTS) is 1. The molecule has 39 heavy (non-hydrogen) atoms. The highest BCUT2D eigenvalue weighted by atomic mass is 16.5. The fourth-order valence-electron chi connectivity index (χ4n) is 5.60. The number of pyridine rings is 1. The van der Waals surface area contributed by atoms with Gasteiger partial charge >= 0.3 is 5.97 Å². The molecule has 6 heteroatoms. The quantitative estimate of drug-likeness (QED) is 0.256. The van der Waals surface area contributed by atoms with E-state index >= 15 is 0 Å². The summed E-state index contributed by atoms with van der Waals surface area (Å²) in [6, 6.07) is 29.4. The molecule has 5 rings (SSSR count). The van der Waals surface area contributed by atoms with Crippen LogP contribution in [-0.4, -0.2) is 28.6 Å². The van der Waals surface area contributed by atoms with Gasteiger partial charge in [0.15, 0.2) is 6.61 Å². The maximum atomic E-state index is 14.1. The smallest absolute Gasteiger partial charge is 0.341 e. The van der Waals surface area contributed by atoms with Crippen molar-refractivity contribution in [3.63, 3.8) is 0 Å². The van der Waals surface area contributed by atoms with Crippen LogP contribution in [0.25, 0.3) is 0 Å². The van der Waals surface area contributed by atoms with Gasteiger partial charge < -0.3 is 14.7 Å². The molecule has 1 heterocycles. The number of hydrogen-bond donors (Lipinski definition) is 1.